The molecule has 0 aliphatic rings. The third kappa shape index (κ3) is 6.53. The maximum Gasteiger partial charge on any atom is 0.255 e. The highest BCUT2D eigenvalue weighted by Gasteiger charge is 2.09. The first-order valence-electron chi connectivity index (χ1n) is 7.49. The Bertz CT molecular complexity index is 638. The van der Waals surface area contributed by atoms with Gasteiger partial charge in [0.25, 0.3) is 5.91 Å². The van der Waals surface area contributed by atoms with Gasteiger partial charge in [-0.1, -0.05) is 30.3 Å². The number of hydrogen-bond donors (Lipinski definition) is 3. The summed E-state index contributed by atoms with van der Waals surface area (Å²) in [4.78, 5) is 11.0. The molecule has 0 spiro atoms. The van der Waals surface area contributed by atoms with Gasteiger partial charge in [0, 0.05) is 12.1 Å². The molecule has 0 aromatic heterocycles. The molecule has 0 fully saturated rings. The molecule has 5 nitrogen and oxygen atoms in total. The summed E-state index contributed by atoms with van der Waals surface area (Å²) >= 11 is 0. The van der Waals surface area contributed by atoms with E-state index < -0.39 is 5.91 Å². The van der Waals surface area contributed by atoms with Crippen LogP contribution < -0.4 is 21.1 Å². The zero-order valence-electron chi connectivity index (χ0n) is 13.7. The van der Waals surface area contributed by atoms with Crippen LogP contribution >= 0.6 is 24.8 Å². The average Bonchev–Trinajstić information content (AvgIpc) is 2.53. The van der Waals surface area contributed by atoms with Crippen molar-refractivity contribution < 1.29 is 9.53 Å². The van der Waals surface area contributed by atoms with Crippen LogP contribution in [0.2, 0.25) is 0 Å². The predicted molar refractivity (Wildman–Crippen MR) is 103 cm³/mol. The highest BCUT2D eigenvalue weighted by Crippen LogP contribution is 2.28. The molecule has 2 aromatic rings. The number of amides is 1. The van der Waals surface area contributed by atoms with E-state index in [1.807, 2.05) is 31.3 Å². The van der Waals surface area contributed by atoms with Gasteiger partial charge in [0.1, 0.15) is 5.75 Å². The van der Waals surface area contributed by atoms with Crippen LogP contribution in [0.3, 0.4) is 0 Å². The van der Waals surface area contributed by atoms with Gasteiger partial charge in [-0.3, -0.25) is 4.79 Å². The van der Waals surface area contributed by atoms with Gasteiger partial charge in [-0.2, -0.15) is 0 Å². The van der Waals surface area contributed by atoms with E-state index in [4.69, 9.17) is 10.5 Å². The summed E-state index contributed by atoms with van der Waals surface area (Å²) < 4.78 is 5.56. The summed E-state index contributed by atoms with van der Waals surface area (Å²) in [6, 6.07) is 12.0. The Kier molecular flexibility index (Phi) is 11.2. The molecule has 24 heavy (non-hydrogen) atoms. The third-order valence-electron chi connectivity index (χ3n) is 3.45. The van der Waals surface area contributed by atoms with Gasteiger partial charge in [0.15, 0.2) is 6.61 Å². The number of benzene rings is 2. The molecule has 0 saturated carbocycles. The van der Waals surface area contributed by atoms with E-state index >= 15 is 0 Å². The molecule has 0 aliphatic carbocycles. The maximum absolute atomic E-state index is 11.0. The second kappa shape index (κ2) is 11.9. The molecular weight excluding hydrogens is 349 g/mol. The lowest BCUT2D eigenvalue weighted by atomic mass is 10.0. The first kappa shape index (κ1) is 22.5. The number of primary amides is 1. The number of fused-ring (bicyclic) bond motifs is 1. The van der Waals surface area contributed by atoms with Crippen LogP contribution in [0, 0.1) is 0 Å². The lowest BCUT2D eigenvalue weighted by Gasteiger charge is -2.14. The molecule has 0 radical (unpaired) electrons. The molecule has 0 unspecified atom stereocenters. The quantitative estimate of drug-likeness (QED) is 0.589. The fourth-order valence-corrected chi connectivity index (χ4v) is 2.39. The minimum Gasteiger partial charge on any atom is -0.483 e. The number of hydrogen-bond acceptors (Lipinski definition) is 4. The number of ether oxygens (including phenoxy) is 1. The second-order valence-electron chi connectivity index (χ2n) is 5.15. The minimum atomic E-state index is -0.471. The van der Waals surface area contributed by atoms with E-state index in [-0.39, 0.29) is 31.4 Å². The molecule has 7 heteroatoms. The number of halogens is 2. The first-order chi connectivity index (χ1) is 10.7. The summed E-state index contributed by atoms with van der Waals surface area (Å²) in [6.07, 6.45) is 1.05. The fourth-order valence-electron chi connectivity index (χ4n) is 2.39. The Morgan fingerprint density at radius 2 is 1.88 bits per heavy atom. The van der Waals surface area contributed by atoms with Gasteiger partial charge >= 0.3 is 0 Å². The SMILES string of the molecule is CNCCCNCc1c(OCC(N)=O)ccc2ccccc12.Cl.Cl. The minimum absolute atomic E-state index is 0. The molecule has 0 atom stereocenters. The molecule has 0 bridgehead atoms. The van der Waals surface area contributed by atoms with Crippen molar-refractivity contribution in [2.75, 3.05) is 26.7 Å². The van der Waals surface area contributed by atoms with Crippen molar-refractivity contribution in [3.63, 3.8) is 0 Å². The van der Waals surface area contributed by atoms with Crippen molar-refractivity contribution in [2.45, 2.75) is 13.0 Å². The zero-order chi connectivity index (χ0) is 15.8. The van der Waals surface area contributed by atoms with Crippen molar-refractivity contribution >= 4 is 41.5 Å². The molecule has 0 aliphatic heterocycles. The number of rotatable bonds is 9. The molecule has 2 rings (SSSR count). The van der Waals surface area contributed by atoms with E-state index in [1.54, 1.807) is 0 Å². The van der Waals surface area contributed by atoms with Gasteiger partial charge in [0.2, 0.25) is 0 Å². The Morgan fingerprint density at radius 1 is 1.12 bits per heavy atom. The van der Waals surface area contributed by atoms with E-state index in [9.17, 15) is 4.79 Å². The molecular formula is C17H25Cl2N3O2. The molecule has 134 valence electrons. The highest BCUT2D eigenvalue weighted by molar-refractivity contribution is 5.88. The zero-order valence-corrected chi connectivity index (χ0v) is 15.3. The summed E-state index contributed by atoms with van der Waals surface area (Å²) in [7, 11) is 1.94. The lowest BCUT2D eigenvalue weighted by Crippen LogP contribution is -2.22. The van der Waals surface area contributed by atoms with Gasteiger partial charge in [-0.25, -0.2) is 0 Å². The number of carbonyl (C=O) groups excluding carboxylic acids is 1. The van der Waals surface area contributed by atoms with Crippen LogP contribution in [0.5, 0.6) is 5.75 Å². The third-order valence-corrected chi connectivity index (χ3v) is 3.45. The monoisotopic (exact) mass is 373 g/mol. The predicted octanol–water partition coefficient (Wildman–Crippen LogP) is 2.25. The van der Waals surface area contributed by atoms with Crippen LogP contribution in [0.4, 0.5) is 0 Å². The Balaban J connectivity index is 0.00000264. The average molecular weight is 374 g/mol. The van der Waals surface area contributed by atoms with Gasteiger partial charge < -0.3 is 21.1 Å². The highest BCUT2D eigenvalue weighted by atomic mass is 35.5. The maximum atomic E-state index is 11.0. The van der Waals surface area contributed by atoms with Crippen LogP contribution in [0.15, 0.2) is 36.4 Å². The Labute approximate surface area is 155 Å². The Hall–Kier alpha value is -1.53. The van der Waals surface area contributed by atoms with Crippen molar-refractivity contribution in [1.29, 1.82) is 0 Å². The topological polar surface area (TPSA) is 76.4 Å². The van der Waals surface area contributed by atoms with Crippen LogP contribution in [0.25, 0.3) is 10.8 Å². The molecule has 4 N–H and O–H groups in total. The summed E-state index contributed by atoms with van der Waals surface area (Å²) in [5, 5.41) is 8.83. The summed E-state index contributed by atoms with van der Waals surface area (Å²) in [5.41, 5.74) is 6.23. The second-order valence-corrected chi connectivity index (χ2v) is 5.15. The van der Waals surface area contributed by atoms with E-state index in [2.05, 4.69) is 22.8 Å². The van der Waals surface area contributed by atoms with Crippen molar-refractivity contribution in [2.24, 2.45) is 5.73 Å². The van der Waals surface area contributed by atoms with Gasteiger partial charge in [-0.05, 0) is 43.4 Å². The van der Waals surface area contributed by atoms with Crippen molar-refractivity contribution in [1.82, 2.24) is 10.6 Å². The van der Waals surface area contributed by atoms with E-state index in [1.165, 1.54) is 0 Å². The normalized spacial score (nSPS) is 9.88. The number of carbonyl (C=O) groups is 1. The van der Waals surface area contributed by atoms with Crippen LogP contribution in [-0.4, -0.2) is 32.7 Å². The summed E-state index contributed by atoms with van der Waals surface area (Å²) in [5.74, 6) is 0.236. The first-order valence-corrected chi connectivity index (χ1v) is 7.49. The van der Waals surface area contributed by atoms with Crippen LogP contribution in [0.1, 0.15) is 12.0 Å². The fraction of sp³-hybridized carbons (Fsp3) is 0.353. The standard InChI is InChI=1S/C17H23N3O2.2ClH/c1-19-9-4-10-20-11-15-14-6-3-2-5-13(14)7-8-16(15)22-12-17(18)21;;/h2-3,5-8,19-20H,4,9-12H2,1H3,(H2,18,21);2*1H. The number of nitrogens with two attached hydrogens (primary N) is 1. The molecule has 0 heterocycles. The smallest absolute Gasteiger partial charge is 0.255 e. The van der Waals surface area contributed by atoms with E-state index in [0.717, 1.165) is 35.8 Å². The molecule has 2 aromatic carbocycles. The van der Waals surface area contributed by atoms with Crippen molar-refractivity contribution in [3.05, 3.63) is 42.0 Å². The van der Waals surface area contributed by atoms with Gasteiger partial charge in [-0.15, -0.1) is 24.8 Å². The lowest BCUT2D eigenvalue weighted by molar-refractivity contribution is -0.119. The largest absolute Gasteiger partial charge is 0.483 e. The molecule has 0 saturated heterocycles. The summed E-state index contributed by atoms with van der Waals surface area (Å²) in [6.45, 7) is 2.48. The van der Waals surface area contributed by atoms with Crippen LogP contribution in [-0.2, 0) is 11.3 Å². The Morgan fingerprint density at radius 3 is 2.58 bits per heavy atom. The van der Waals surface area contributed by atoms with Crippen molar-refractivity contribution in [3.8, 4) is 5.75 Å². The number of nitrogens with one attached hydrogen (secondary N) is 2. The molecule has 1 amide bonds. The van der Waals surface area contributed by atoms with Gasteiger partial charge in [0.05, 0.1) is 0 Å². The van der Waals surface area contributed by atoms with E-state index in [0.29, 0.717) is 12.3 Å².